The minimum absolute atomic E-state index is 0.123. The maximum absolute atomic E-state index is 12.5. The van der Waals surface area contributed by atoms with Gasteiger partial charge in [0.15, 0.2) is 0 Å². The molecule has 1 aromatic carbocycles. The van der Waals surface area contributed by atoms with Crippen molar-refractivity contribution in [3.8, 4) is 17.0 Å². The Morgan fingerprint density at radius 3 is 2.66 bits per heavy atom. The zero-order valence-electron chi connectivity index (χ0n) is 20.0. The van der Waals surface area contributed by atoms with E-state index in [1.165, 1.54) is 4.90 Å². The smallest absolute Gasteiger partial charge is 0.410 e. The summed E-state index contributed by atoms with van der Waals surface area (Å²) in [7, 11) is 3.50. The van der Waals surface area contributed by atoms with Crippen LogP contribution in [0, 0.1) is 5.92 Å². The van der Waals surface area contributed by atoms with Gasteiger partial charge in [-0.1, -0.05) is 30.3 Å². The van der Waals surface area contributed by atoms with E-state index in [1.807, 2.05) is 49.5 Å². The standard InChI is InChI=1S/C26H30N4O5/c1-29(26(33)34-17-18-7-4-3-5-8-18)16-24-22(15-28-30(24)2)23-12-11-21(14-27-23)35-20-10-6-9-19(13-20)25(31)32/h3-5,7-8,11-12,14-15,19-20H,6,9-10,13,16-17H2,1-2H3,(H,31,32)/t19-,20-/m0/s1. The van der Waals surface area contributed by atoms with Gasteiger partial charge in [-0.15, -0.1) is 0 Å². The minimum Gasteiger partial charge on any atom is -0.489 e. The molecular weight excluding hydrogens is 448 g/mol. The molecule has 35 heavy (non-hydrogen) atoms. The number of amides is 1. The van der Waals surface area contributed by atoms with Crippen molar-refractivity contribution in [3.05, 3.63) is 66.1 Å². The van der Waals surface area contributed by atoms with E-state index >= 15 is 0 Å². The molecule has 1 aliphatic rings. The summed E-state index contributed by atoms with van der Waals surface area (Å²) in [6, 6.07) is 13.2. The topological polar surface area (TPSA) is 107 Å². The van der Waals surface area contributed by atoms with Crippen molar-refractivity contribution in [2.75, 3.05) is 7.05 Å². The first kappa shape index (κ1) is 24.3. The summed E-state index contributed by atoms with van der Waals surface area (Å²) in [4.78, 5) is 29.8. The Labute approximate surface area is 204 Å². The lowest BCUT2D eigenvalue weighted by atomic mass is 9.87. The molecule has 2 aromatic heterocycles. The third-order valence-electron chi connectivity index (χ3n) is 6.26. The normalized spacial score (nSPS) is 17.5. The molecule has 0 spiro atoms. The van der Waals surface area contributed by atoms with Gasteiger partial charge in [0.25, 0.3) is 0 Å². The first-order valence-electron chi connectivity index (χ1n) is 11.7. The summed E-state index contributed by atoms with van der Waals surface area (Å²) >= 11 is 0. The monoisotopic (exact) mass is 478 g/mol. The molecule has 2 atom stereocenters. The van der Waals surface area contributed by atoms with Crippen molar-refractivity contribution in [1.82, 2.24) is 19.7 Å². The average Bonchev–Trinajstić information content (AvgIpc) is 3.23. The van der Waals surface area contributed by atoms with Gasteiger partial charge in [-0.25, -0.2) is 4.79 Å². The van der Waals surface area contributed by atoms with Crippen LogP contribution in [-0.2, 0) is 29.7 Å². The van der Waals surface area contributed by atoms with E-state index in [-0.39, 0.29) is 18.6 Å². The van der Waals surface area contributed by atoms with Crippen molar-refractivity contribution in [2.24, 2.45) is 13.0 Å². The molecule has 1 amide bonds. The van der Waals surface area contributed by atoms with Crippen LogP contribution < -0.4 is 4.74 Å². The van der Waals surface area contributed by atoms with Gasteiger partial charge < -0.3 is 19.5 Å². The molecule has 4 rings (SSSR count). The number of nitrogens with zero attached hydrogens (tertiary/aromatic N) is 4. The van der Waals surface area contributed by atoms with Gasteiger partial charge in [0, 0.05) is 19.7 Å². The molecule has 184 valence electrons. The highest BCUT2D eigenvalue weighted by atomic mass is 16.6. The van der Waals surface area contributed by atoms with Gasteiger partial charge in [-0.05, 0) is 43.4 Å². The summed E-state index contributed by atoms with van der Waals surface area (Å²) in [5, 5.41) is 13.6. The number of aliphatic carboxylic acids is 1. The second-order valence-corrected chi connectivity index (χ2v) is 8.85. The highest BCUT2D eigenvalue weighted by Crippen LogP contribution is 2.29. The van der Waals surface area contributed by atoms with Crippen LogP contribution in [0.1, 0.15) is 36.9 Å². The molecule has 0 radical (unpaired) electrons. The number of aromatic nitrogens is 3. The van der Waals surface area contributed by atoms with Gasteiger partial charge in [-0.3, -0.25) is 14.5 Å². The lowest BCUT2D eigenvalue weighted by molar-refractivity contribution is -0.143. The SMILES string of the molecule is CN(Cc1c(-c2ccc(O[C@H]3CCC[C@H](C(=O)O)C3)cn2)cnn1C)C(=O)OCc1ccccc1. The van der Waals surface area contributed by atoms with Gasteiger partial charge >= 0.3 is 12.1 Å². The maximum atomic E-state index is 12.5. The van der Waals surface area contributed by atoms with Crippen LogP contribution >= 0.6 is 0 Å². The second kappa shape index (κ2) is 11.0. The molecule has 0 bridgehead atoms. The second-order valence-electron chi connectivity index (χ2n) is 8.85. The minimum atomic E-state index is -0.759. The van der Waals surface area contributed by atoms with E-state index in [1.54, 1.807) is 24.1 Å². The van der Waals surface area contributed by atoms with Gasteiger partial charge in [0.1, 0.15) is 12.4 Å². The molecule has 0 saturated heterocycles. The molecule has 1 N–H and O–H groups in total. The highest BCUT2D eigenvalue weighted by Gasteiger charge is 2.28. The van der Waals surface area contributed by atoms with E-state index in [0.29, 0.717) is 30.8 Å². The van der Waals surface area contributed by atoms with E-state index in [4.69, 9.17) is 9.47 Å². The Balaban J connectivity index is 1.38. The van der Waals surface area contributed by atoms with E-state index < -0.39 is 12.1 Å². The quantitative estimate of drug-likeness (QED) is 0.515. The number of hydrogen-bond acceptors (Lipinski definition) is 6. The summed E-state index contributed by atoms with van der Waals surface area (Å²) in [5.74, 6) is -0.503. The van der Waals surface area contributed by atoms with Gasteiger partial charge in [0.2, 0.25) is 0 Å². The van der Waals surface area contributed by atoms with Crippen LogP contribution in [0.25, 0.3) is 11.3 Å². The van der Waals surface area contributed by atoms with Crippen molar-refractivity contribution in [1.29, 1.82) is 0 Å². The Kier molecular flexibility index (Phi) is 7.64. The van der Waals surface area contributed by atoms with E-state index in [9.17, 15) is 14.7 Å². The number of carboxylic acid groups (broad SMARTS) is 1. The van der Waals surface area contributed by atoms with Gasteiger partial charge in [-0.2, -0.15) is 5.10 Å². The molecule has 9 nitrogen and oxygen atoms in total. The summed E-state index contributed by atoms with van der Waals surface area (Å²) < 4.78 is 13.1. The Bertz CT molecular complexity index is 1150. The molecule has 3 aromatic rings. The molecule has 0 aliphatic heterocycles. The van der Waals surface area contributed by atoms with E-state index in [0.717, 1.165) is 29.7 Å². The molecule has 0 unspecified atom stereocenters. The molecule has 2 heterocycles. The third kappa shape index (κ3) is 6.17. The first-order valence-corrected chi connectivity index (χ1v) is 11.7. The molecule has 9 heteroatoms. The van der Waals surface area contributed by atoms with Crippen LogP contribution in [0.5, 0.6) is 5.75 Å². The van der Waals surface area contributed by atoms with Crippen LogP contribution in [0.3, 0.4) is 0 Å². The fraction of sp³-hybridized carbons (Fsp3) is 0.385. The number of aryl methyl sites for hydroxylation is 1. The van der Waals surface area contributed by atoms with Crippen molar-refractivity contribution in [3.63, 3.8) is 0 Å². The molecular formula is C26H30N4O5. The largest absolute Gasteiger partial charge is 0.489 e. The van der Waals surface area contributed by atoms with Crippen LogP contribution in [0.15, 0.2) is 54.9 Å². The zero-order valence-corrected chi connectivity index (χ0v) is 20.0. The molecule has 1 fully saturated rings. The number of carbonyl (C=O) groups is 2. The van der Waals surface area contributed by atoms with Crippen molar-refractivity contribution < 1.29 is 24.2 Å². The summed E-state index contributed by atoms with van der Waals surface area (Å²) in [6.07, 6.45) is 5.71. The Hall–Kier alpha value is -3.88. The maximum Gasteiger partial charge on any atom is 0.410 e. The predicted molar refractivity (Wildman–Crippen MR) is 129 cm³/mol. The Morgan fingerprint density at radius 1 is 1.14 bits per heavy atom. The summed E-state index contributed by atoms with van der Waals surface area (Å²) in [6.45, 7) is 0.511. The van der Waals surface area contributed by atoms with E-state index in [2.05, 4.69) is 10.1 Å². The lowest BCUT2D eigenvalue weighted by Crippen LogP contribution is -2.29. The zero-order chi connectivity index (χ0) is 24.8. The predicted octanol–water partition coefficient (Wildman–Crippen LogP) is 4.27. The fourth-order valence-electron chi connectivity index (χ4n) is 4.26. The van der Waals surface area contributed by atoms with Crippen molar-refractivity contribution in [2.45, 2.75) is 44.9 Å². The number of pyridine rings is 1. The van der Waals surface area contributed by atoms with Crippen LogP contribution in [-0.4, -0.2) is 50.0 Å². The Morgan fingerprint density at radius 2 is 1.94 bits per heavy atom. The number of benzene rings is 1. The number of ether oxygens (including phenoxy) is 2. The summed E-state index contributed by atoms with van der Waals surface area (Å²) in [5.41, 5.74) is 3.26. The van der Waals surface area contributed by atoms with Crippen LogP contribution in [0.4, 0.5) is 4.79 Å². The van der Waals surface area contributed by atoms with Gasteiger partial charge in [0.05, 0.1) is 42.3 Å². The molecule has 1 saturated carbocycles. The fourth-order valence-corrected chi connectivity index (χ4v) is 4.26. The number of rotatable bonds is 8. The highest BCUT2D eigenvalue weighted by molar-refractivity contribution is 5.70. The number of carboxylic acids is 1. The number of hydrogen-bond donors (Lipinski definition) is 1. The molecule has 1 aliphatic carbocycles. The van der Waals surface area contributed by atoms with Crippen LogP contribution in [0.2, 0.25) is 0 Å². The lowest BCUT2D eigenvalue weighted by Gasteiger charge is -2.27. The first-order chi connectivity index (χ1) is 16.9. The average molecular weight is 479 g/mol. The third-order valence-corrected chi connectivity index (χ3v) is 6.26. The number of carbonyl (C=O) groups excluding carboxylic acids is 1. The van der Waals surface area contributed by atoms with Crippen molar-refractivity contribution >= 4 is 12.1 Å².